The largest absolute Gasteiger partial charge is 0.467 e. The van der Waals surface area contributed by atoms with Crippen molar-refractivity contribution >= 4 is 46.9 Å². The van der Waals surface area contributed by atoms with Gasteiger partial charge in [0.05, 0.1) is 34.8 Å². The van der Waals surface area contributed by atoms with Crippen LogP contribution in [0.4, 0.5) is 0 Å². The van der Waals surface area contributed by atoms with Crippen molar-refractivity contribution in [2.45, 2.75) is 105 Å². The number of pyridine rings is 1. The van der Waals surface area contributed by atoms with Crippen LogP contribution in [0.1, 0.15) is 90.1 Å². The number of thiazole rings is 1. The van der Waals surface area contributed by atoms with Crippen LogP contribution in [0, 0.1) is 16.7 Å². The molecule has 1 aromatic carbocycles. The van der Waals surface area contributed by atoms with Crippen LogP contribution in [0.2, 0.25) is 0 Å². The van der Waals surface area contributed by atoms with Gasteiger partial charge in [0.2, 0.25) is 12.3 Å². The van der Waals surface area contributed by atoms with Crippen molar-refractivity contribution < 1.29 is 28.7 Å². The average Bonchev–Trinajstić information content (AvgIpc) is 3.84. The molecule has 3 aromatic heterocycles. The Morgan fingerprint density at radius 3 is 2.56 bits per heavy atom. The first-order valence-electron chi connectivity index (χ1n) is 22.0. The molecule has 14 nitrogen and oxygen atoms in total. The number of amides is 3. The minimum atomic E-state index is -0.895. The standard InChI is InChI=1S/C47H66N8O6S/c1-10-54-39-16-15-33(22-35(39)36(24-46(5,6)28-61-30-57)43(54)34-14-13-18-48-41(34)32(4)60-9)38-25-62-40(50-38)23-37(45(59)55-20-12-11-19-49-55)51-44(58)42(31(2)3)53(29-56)21-17-47(7)26-52(8)27-47/h13-16,18,22,25,29-32,37,42,49H,10-12,17,19-21,23-24,26-28H2,1-9H3,(H,51,58). The number of fused-ring (bicyclic) bond motifs is 1. The fourth-order valence-corrected chi connectivity index (χ4v) is 10.2. The monoisotopic (exact) mass is 870 g/mol. The Morgan fingerprint density at radius 2 is 1.92 bits per heavy atom. The van der Waals surface area contributed by atoms with Gasteiger partial charge in [0.15, 0.2) is 0 Å². The summed E-state index contributed by atoms with van der Waals surface area (Å²) in [5.74, 6) is -0.743. The molecule has 0 saturated carbocycles. The Labute approximate surface area is 370 Å². The molecule has 2 saturated heterocycles. The third-order valence-corrected chi connectivity index (χ3v) is 13.3. The van der Waals surface area contributed by atoms with Gasteiger partial charge in [-0.3, -0.25) is 29.2 Å². The van der Waals surface area contributed by atoms with Crippen molar-refractivity contribution in [1.82, 2.24) is 40.1 Å². The van der Waals surface area contributed by atoms with E-state index in [9.17, 15) is 19.2 Å². The Hall–Kier alpha value is -4.70. The number of aryl methyl sites for hydroxylation is 1. The Morgan fingerprint density at radius 1 is 1.15 bits per heavy atom. The summed E-state index contributed by atoms with van der Waals surface area (Å²) in [6, 6.07) is 8.80. The third kappa shape index (κ3) is 10.6. The van der Waals surface area contributed by atoms with Crippen LogP contribution < -0.4 is 10.7 Å². The van der Waals surface area contributed by atoms with Gasteiger partial charge >= 0.3 is 0 Å². The molecule has 0 spiro atoms. The lowest BCUT2D eigenvalue weighted by Gasteiger charge is -2.47. The average molecular weight is 871 g/mol. The summed E-state index contributed by atoms with van der Waals surface area (Å²) in [4.78, 5) is 66.0. The number of hydrogen-bond donors (Lipinski definition) is 2. The number of nitrogens with zero attached hydrogens (tertiary/aromatic N) is 6. The van der Waals surface area contributed by atoms with Gasteiger partial charge in [0.1, 0.15) is 12.1 Å². The highest BCUT2D eigenvalue weighted by atomic mass is 32.1. The number of hydrazine groups is 1. The molecule has 6 rings (SSSR count). The Kier molecular flexibility index (Phi) is 15.3. The summed E-state index contributed by atoms with van der Waals surface area (Å²) >= 11 is 1.45. The molecule has 2 fully saturated rings. The summed E-state index contributed by atoms with van der Waals surface area (Å²) in [5.41, 5.74) is 9.64. The molecule has 4 aromatic rings. The fraction of sp³-hybridized carbons (Fsp3) is 0.574. The van der Waals surface area contributed by atoms with E-state index >= 15 is 0 Å². The van der Waals surface area contributed by atoms with Crippen LogP contribution >= 0.6 is 11.3 Å². The topological polar surface area (TPSA) is 151 Å². The van der Waals surface area contributed by atoms with E-state index in [2.05, 4.69) is 79.2 Å². The number of carbonyl (C=O) groups excluding carboxylic acids is 4. The molecular formula is C47H66N8O6S. The maximum atomic E-state index is 14.2. The Bertz CT molecular complexity index is 2190. The first kappa shape index (κ1) is 46.8. The lowest BCUT2D eigenvalue weighted by atomic mass is 9.79. The van der Waals surface area contributed by atoms with Crippen molar-refractivity contribution in [2.75, 3.05) is 53.5 Å². The minimum Gasteiger partial charge on any atom is -0.467 e. The highest BCUT2D eigenvalue weighted by Crippen LogP contribution is 2.42. The van der Waals surface area contributed by atoms with Crippen LogP contribution in [0.15, 0.2) is 41.9 Å². The molecule has 3 amide bonds. The zero-order chi connectivity index (χ0) is 44.8. The quantitative estimate of drug-likeness (QED) is 0.0917. The number of methoxy groups -OCH3 is 1. The van der Waals surface area contributed by atoms with E-state index in [4.69, 9.17) is 19.4 Å². The second kappa shape index (κ2) is 20.2. The first-order valence-corrected chi connectivity index (χ1v) is 22.9. The van der Waals surface area contributed by atoms with Crippen molar-refractivity contribution in [3.8, 4) is 22.5 Å². The van der Waals surface area contributed by atoms with E-state index in [1.165, 1.54) is 11.3 Å². The Balaban J connectivity index is 1.34. The van der Waals surface area contributed by atoms with Crippen LogP contribution in [-0.4, -0.2) is 120 Å². The van der Waals surface area contributed by atoms with Crippen LogP contribution in [0.5, 0.6) is 0 Å². The van der Waals surface area contributed by atoms with Crippen molar-refractivity contribution in [2.24, 2.45) is 16.7 Å². The molecular weight excluding hydrogens is 805 g/mol. The normalized spacial score (nSPS) is 17.0. The maximum absolute atomic E-state index is 14.2. The lowest BCUT2D eigenvalue weighted by Crippen LogP contribution is -2.59. The zero-order valence-electron chi connectivity index (χ0n) is 38.0. The molecule has 3 unspecified atom stereocenters. The van der Waals surface area contributed by atoms with Gasteiger partial charge in [-0.2, -0.15) is 0 Å². The predicted molar refractivity (Wildman–Crippen MR) is 243 cm³/mol. The number of aromatic nitrogens is 3. The van der Waals surface area contributed by atoms with Crippen molar-refractivity contribution in [3.05, 3.63) is 58.2 Å². The molecule has 0 aliphatic carbocycles. The molecule has 62 heavy (non-hydrogen) atoms. The molecule has 0 radical (unpaired) electrons. The lowest BCUT2D eigenvalue weighted by molar-refractivity contribution is -0.142. The highest BCUT2D eigenvalue weighted by Gasteiger charge is 2.39. The van der Waals surface area contributed by atoms with Gasteiger partial charge in [0, 0.05) is 91.8 Å². The number of nitrogens with one attached hydrogen (secondary N) is 2. The van der Waals surface area contributed by atoms with Gasteiger partial charge in [-0.25, -0.2) is 10.4 Å². The highest BCUT2D eigenvalue weighted by molar-refractivity contribution is 7.10. The van der Waals surface area contributed by atoms with E-state index in [-0.39, 0.29) is 47.7 Å². The number of benzene rings is 1. The van der Waals surface area contributed by atoms with E-state index in [1.54, 1.807) is 23.2 Å². The molecule has 2 N–H and O–H groups in total. The summed E-state index contributed by atoms with van der Waals surface area (Å²) in [7, 11) is 3.77. The molecule has 5 heterocycles. The molecule has 0 bridgehead atoms. The number of carbonyl (C=O) groups is 4. The first-order chi connectivity index (χ1) is 29.6. The van der Waals surface area contributed by atoms with Crippen LogP contribution in [-0.2, 0) is 48.0 Å². The van der Waals surface area contributed by atoms with E-state index in [0.29, 0.717) is 44.1 Å². The summed E-state index contributed by atoms with van der Waals surface area (Å²) in [6.07, 6.45) is 5.75. The van der Waals surface area contributed by atoms with Crippen molar-refractivity contribution in [3.63, 3.8) is 0 Å². The number of ether oxygens (including phenoxy) is 2. The molecule has 336 valence electrons. The van der Waals surface area contributed by atoms with Crippen molar-refractivity contribution in [1.29, 1.82) is 0 Å². The maximum Gasteiger partial charge on any atom is 0.293 e. The van der Waals surface area contributed by atoms with Gasteiger partial charge in [-0.05, 0) is 87.7 Å². The molecule has 2 aliphatic rings. The molecule has 15 heteroatoms. The SMILES string of the molecule is CCn1c(-c2cccnc2C(C)OC)c(CC(C)(C)COC=O)c2cc(-c3csc(CC(NC(=O)C(C(C)C)N(C=O)CCC4(C)CN(C)C4)C(=O)N4CCCCN4)n3)ccc21. The summed E-state index contributed by atoms with van der Waals surface area (Å²) in [6.45, 7) is 19.4. The minimum absolute atomic E-state index is 0.0949. The number of likely N-dealkylation sites (tertiary alicyclic amines) is 1. The summed E-state index contributed by atoms with van der Waals surface area (Å²) in [5, 5.41) is 8.48. The molecule has 3 atom stereocenters. The number of hydrogen-bond acceptors (Lipinski definition) is 11. The summed E-state index contributed by atoms with van der Waals surface area (Å²) < 4.78 is 13.4. The van der Waals surface area contributed by atoms with E-state index in [1.807, 2.05) is 32.2 Å². The molecule has 2 aliphatic heterocycles. The second-order valence-electron chi connectivity index (χ2n) is 18.6. The second-order valence-corrected chi connectivity index (χ2v) is 19.6. The van der Waals surface area contributed by atoms with E-state index < -0.39 is 12.1 Å². The van der Waals surface area contributed by atoms with Gasteiger partial charge in [-0.1, -0.05) is 40.7 Å². The van der Waals surface area contributed by atoms with Gasteiger partial charge in [-0.15, -0.1) is 11.3 Å². The number of rotatable bonds is 21. The van der Waals surface area contributed by atoms with Crippen LogP contribution in [0.3, 0.4) is 0 Å². The van der Waals surface area contributed by atoms with Gasteiger partial charge < -0.3 is 29.2 Å². The zero-order valence-corrected chi connectivity index (χ0v) is 38.8. The fourth-order valence-electron chi connectivity index (χ4n) is 9.38. The van der Waals surface area contributed by atoms with Crippen LogP contribution in [0.25, 0.3) is 33.4 Å². The van der Waals surface area contributed by atoms with Gasteiger partial charge in [0.25, 0.3) is 12.4 Å². The predicted octanol–water partition coefficient (Wildman–Crippen LogP) is 6.27. The third-order valence-electron chi connectivity index (χ3n) is 12.4. The van der Waals surface area contributed by atoms with E-state index in [0.717, 1.165) is 83.4 Å². The smallest absolute Gasteiger partial charge is 0.293 e.